The summed E-state index contributed by atoms with van der Waals surface area (Å²) in [4.78, 5) is 25.5. The molecule has 1 aromatic rings. The van der Waals surface area contributed by atoms with Gasteiger partial charge in [0, 0.05) is 19.0 Å². The Balaban J connectivity index is 1.50. The van der Waals surface area contributed by atoms with Crippen LogP contribution in [0.2, 0.25) is 0 Å². The highest BCUT2D eigenvalue weighted by atomic mass is 16.4. The minimum atomic E-state index is -0.774. The number of likely N-dealkylation sites (tertiary alicyclic amines) is 1. The van der Waals surface area contributed by atoms with Gasteiger partial charge in [-0.2, -0.15) is 0 Å². The number of aliphatic carboxylic acids is 1. The third kappa shape index (κ3) is 1.96. The van der Waals surface area contributed by atoms with Crippen molar-refractivity contribution in [1.29, 1.82) is 0 Å². The number of carboxylic acid groups (broad SMARTS) is 1. The van der Waals surface area contributed by atoms with Crippen LogP contribution in [0.25, 0.3) is 0 Å². The highest BCUT2D eigenvalue weighted by Crippen LogP contribution is 2.60. The van der Waals surface area contributed by atoms with Crippen molar-refractivity contribution in [3.63, 3.8) is 0 Å². The van der Waals surface area contributed by atoms with Gasteiger partial charge in [0.25, 0.3) is 0 Å². The minimum absolute atomic E-state index is 0.0983. The van der Waals surface area contributed by atoms with Crippen molar-refractivity contribution < 1.29 is 14.7 Å². The maximum absolute atomic E-state index is 12.7. The van der Waals surface area contributed by atoms with Crippen molar-refractivity contribution >= 4 is 11.9 Å². The molecule has 1 saturated carbocycles. The van der Waals surface area contributed by atoms with Crippen LogP contribution in [0.4, 0.5) is 0 Å². The number of hydrogen-bond acceptors (Lipinski definition) is 2. The molecule has 4 heteroatoms. The maximum Gasteiger partial charge on any atom is 0.308 e. The van der Waals surface area contributed by atoms with Crippen molar-refractivity contribution in [3.05, 3.63) is 35.4 Å². The van der Waals surface area contributed by atoms with Crippen molar-refractivity contribution in [3.8, 4) is 0 Å². The van der Waals surface area contributed by atoms with E-state index in [1.54, 1.807) is 4.90 Å². The van der Waals surface area contributed by atoms with Gasteiger partial charge in [0.2, 0.25) is 5.91 Å². The van der Waals surface area contributed by atoms with E-state index < -0.39 is 5.97 Å². The molecule has 4 atom stereocenters. The molecule has 1 heterocycles. The van der Waals surface area contributed by atoms with E-state index in [9.17, 15) is 9.59 Å². The van der Waals surface area contributed by atoms with Crippen LogP contribution in [0.1, 0.15) is 29.9 Å². The lowest BCUT2D eigenvalue weighted by Crippen LogP contribution is -2.31. The predicted octanol–water partition coefficient (Wildman–Crippen LogP) is 1.90. The molecule has 3 aliphatic rings. The van der Waals surface area contributed by atoms with E-state index in [1.165, 1.54) is 11.1 Å². The standard InChI is InChI=1S/C17H19NO3/c19-16(18-8-7-11(9-18)17(20)21)15-13-6-5-10-3-1-2-4-12(10)14(13)15/h1-4,11,13-15H,5-9H2,(H,20,21). The van der Waals surface area contributed by atoms with E-state index in [-0.39, 0.29) is 17.7 Å². The normalized spacial score (nSPS) is 33.2. The molecule has 4 unspecified atom stereocenters. The Bertz CT molecular complexity index is 612. The number of nitrogens with zero attached hydrogens (tertiary/aromatic N) is 1. The molecule has 0 bridgehead atoms. The number of carboxylic acids is 1. The number of fused-ring (bicyclic) bond motifs is 3. The molecule has 2 fully saturated rings. The Hall–Kier alpha value is -1.84. The van der Waals surface area contributed by atoms with Crippen molar-refractivity contribution in [1.82, 2.24) is 4.90 Å². The van der Waals surface area contributed by atoms with E-state index in [1.807, 2.05) is 0 Å². The molecule has 110 valence electrons. The first-order valence-electron chi connectivity index (χ1n) is 7.76. The molecule has 1 saturated heterocycles. The average molecular weight is 285 g/mol. The molecular formula is C17H19NO3. The zero-order chi connectivity index (χ0) is 14.6. The number of carbonyl (C=O) groups is 2. The van der Waals surface area contributed by atoms with Gasteiger partial charge in [-0.3, -0.25) is 9.59 Å². The maximum atomic E-state index is 12.7. The molecule has 21 heavy (non-hydrogen) atoms. The molecule has 2 aliphatic carbocycles. The zero-order valence-corrected chi connectivity index (χ0v) is 11.9. The zero-order valence-electron chi connectivity index (χ0n) is 11.9. The van der Waals surface area contributed by atoms with Crippen molar-refractivity contribution in [2.45, 2.75) is 25.2 Å². The molecule has 1 aliphatic heterocycles. The molecular weight excluding hydrogens is 266 g/mol. The number of rotatable bonds is 2. The lowest BCUT2D eigenvalue weighted by atomic mass is 9.92. The quantitative estimate of drug-likeness (QED) is 0.903. The summed E-state index contributed by atoms with van der Waals surface area (Å²) < 4.78 is 0. The Morgan fingerprint density at radius 1 is 1.19 bits per heavy atom. The van der Waals surface area contributed by atoms with Crippen molar-refractivity contribution in [2.24, 2.45) is 17.8 Å². The van der Waals surface area contributed by atoms with Crippen LogP contribution in [0, 0.1) is 17.8 Å². The van der Waals surface area contributed by atoms with Crippen LogP contribution in [-0.4, -0.2) is 35.0 Å². The number of hydrogen-bond donors (Lipinski definition) is 1. The summed E-state index contributed by atoms with van der Waals surface area (Å²) in [5.41, 5.74) is 2.74. The molecule has 0 aromatic heterocycles. The lowest BCUT2D eigenvalue weighted by Gasteiger charge is -2.16. The Morgan fingerprint density at radius 3 is 2.76 bits per heavy atom. The van der Waals surface area contributed by atoms with Gasteiger partial charge in [-0.15, -0.1) is 0 Å². The molecule has 1 amide bonds. The second kappa shape index (κ2) is 4.58. The largest absolute Gasteiger partial charge is 0.481 e. The van der Waals surface area contributed by atoms with Gasteiger partial charge in [-0.25, -0.2) is 0 Å². The SMILES string of the molecule is O=C(O)C1CCN(C(=O)C2C3CCc4ccccc4C32)C1. The summed E-state index contributed by atoms with van der Waals surface area (Å²) in [5, 5.41) is 9.07. The third-order valence-electron chi connectivity index (χ3n) is 5.46. The first-order valence-corrected chi connectivity index (χ1v) is 7.76. The van der Waals surface area contributed by atoms with Crippen LogP contribution in [0.15, 0.2) is 24.3 Å². The predicted molar refractivity (Wildman–Crippen MR) is 76.8 cm³/mol. The van der Waals surface area contributed by atoms with E-state index in [4.69, 9.17) is 5.11 Å². The van der Waals surface area contributed by atoms with Crippen LogP contribution >= 0.6 is 0 Å². The average Bonchev–Trinajstić information content (AvgIpc) is 3.02. The third-order valence-corrected chi connectivity index (χ3v) is 5.46. The van der Waals surface area contributed by atoms with Crippen LogP contribution < -0.4 is 0 Å². The Morgan fingerprint density at radius 2 is 2.00 bits per heavy atom. The van der Waals surface area contributed by atoms with Gasteiger partial charge >= 0.3 is 5.97 Å². The summed E-state index contributed by atoms with van der Waals surface area (Å²) in [7, 11) is 0. The van der Waals surface area contributed by atoms with E-state index in [0.29, 0.717) is 31.3 Å². The van der Waals surface area contributed by atoms with Crippen molar-refractivity contribution in [2.75, 3.05) is 13.1 Å². The van der Waals surface area contributed by atoms with Gasteiger partial charge in [-0.1, -0.05) is 24.3 Å². The topological polar surface area (TPSA) is 57.6 Å². The van der Waals surface area contributed by atoms with Gasteiger partial charge in [0.15, 0.2) is 0 Å². The number of carbonyl (C=O) groups excluding carboxylic acids is 1. The Kier molecular flexibility index (Phi) is 2.81. The van der Waals surface area contributed by atoms with Crippen LogP contribution in [0.5, 0.6) is 0 Å². The van der Waals surface area contributed by atoms with E-state index in [2.05, 4.69) is 24.3 Å². The van der Waals surface area contributed by atoms with Crippen LogP contribution in [0.3, 0.4) is 0 Å². The summed E-state index contributed by atoms with van der Waals surface area (Å²) in [6, 6.07) is 8.44. The van der Waals surface area contributed by atoms with Crippen LogP contribution in [-0.2, 0) is 16.0 Å². The fraction of sp³-hybridized carbons (Fsp3) is 0.529. The summed E-state index contributed by atoms with van der Waals surface area (Å²) >= 11 is 0. The summed E-state index contributed by atoms with van der Waals surface area (Å²) in [5.74, 6) is 0.000118. The smallest absolute Gasteiger partial charge is 0.308 e. The first kappa shape index (κ1) is 12.9. The monoisotopic (exact) mass is 285 g/mol. The fourth-order valence-corrected chi connectivity index (χ4v) is 4.28. The number of amides is 1. The summed E-state index contributed by atoms with van der Waals surface area (Å²) in [6.07, 6.45) is 2.76. The lowest BCUT2D eigenvalue weighted by molar-refractivity contribution is -0.141. The molecule has 0 radical (unpaired) electrons. The molecule has 0 spiro atoms. The van der Waals surface area contributed by atoms with Gasteiger partial charge in [0.05, 0.1) is 5.92 Å². The first-order chi connectivity index (χ1) is 10.2. The highest BCUT2D eigenvalue weighted by molar-refractivity contribution is 5.85. The highest BCUT2D eigenvalue weighted by Gasteiger charge is 2.58. The fourth-order valence-electron chi connectivity index (χ4n) is 4.28. The van der Waals surface area contributed by atoms with E-state index >= 15 is 0 Å². The minimum Gasteiger partial charge on any atom is -0.481 e. The molecule has 4 nitrogen and oxygen atoms in total. The van der Waals surface area contributed by atoms with Gasteiger partial charge in [-0.05, 0) is 42.2 Å². The second-order valence-corrected chi connectivity index (χ2v) is 6.56. The molecule has 1 N–H and O–H groups in total. The van der Waals surface area contributed by atoms with E-state index in [0.717, 1.165) is 12.8 Å². The number of aryl methyl sites for hydroxylation is 1. The van der Waals surface area contributed by atoms with Gasteiger partial charge < -0.3 is 10.0 Å². The summed E-state index contributed by atoms with van der Waals surface area (Å²) in [6.45, 7) is 0.999. The Labute approximate surface area is 123 Å². The molecule has 4 rings (SSSR count). The molecule has 1 aromatic carbocycles. The number of benzene rings is 1. The second-order valence-electron chi connectivity index (χ2n) is 6.56. The van der Waals surface area contributed by atoms with Gasteiger partial charge in [0.1, 0.15) is 0 Å².